The number of rotatable bonds is 6. The Morgan fingerprint density at radius 2 is 1.75 bits per heavy atom. The van der Waals surface area contributed by atoms with Crippen LogP contribution in [0.2, 0.25) is 0 Å². The Kier molecular flexibility index (Phi) is 5.49. The van der Waals surface area contributed by atoms with Gasteiger partial charge >= 0.3 is 0 Å². The summed E-state index contributed by atoms with van der Waals surface area (Å²) in [4.78, 5) is 15.0. The first-order chi connectivity index (χ1) is 13.6. The van der Waals surface area contributed by atoms with Gasteiger partial charge in [0.1, 0.15) is 6.54 Å². The van der Waals surface area contributed by atoms with Gasteiger partial charge in [-0.2, -0.15) is 0 Å². The summed E-state index contributed by atoms with van der Waals surface area (Å²) < 4.78 is 2.05. The molecule has 0 bridgehead atoms. The number of carbonyl (C=O) groups excluding carboxylic acids is 1. The van der Waals surface area contributed by atoms with Gasteiger partial charge in [0.15, 0.2) is 0 Å². The van der Waals surface area contributed by atoms with Crippen LogP contribution in [0.5, 0.6) is 0 Å². The van der Waals surface area contributed by atoms with E-state index in [1.54, 1.807) is 0 Å². The molecule has 4 nitrogen and oxygen atoms in total. The molecule has 1 aliphatic rings. The predicted octanol–water partition coefficient (Wildman–Crippen LogP) is 4.22. The summed E-state index contributed by atoms with van der Waals surface area (Å²) in [7, 11) is 0. The molecule has 0 aliphatic carbocycles. The van der Waals surface area contributed by atoms with Crippen molar-refractivity contribution in [1.29, 1.82) is 0 Å². The zero-order valence-electron chi connectivity index (χ0n) is 16.8. The second-order valence-electron chi connectivity index (χ2n) is 8.06. The number of nitrogens with zero attached hydrogens (tertiary/aromatic N) is 2. The van der Waals surface area contributed by atoms with Crippen LogP contribution in [-0.4, -0.2) is 41.1 Å². The van der Waals surface area contributed by atoms with Crippen LogP contribution in [0.15, 0.2) is 54.7 Å². The van der Waals surface area contributed by atoms with Gasteiger partial charge in [0.05, 0.1) is 0 Å². The second-order valence-corrected chi connectivity index (χ2v) is 8.06. The first-order valence-corrected chi connectivity index (χ1v) is 10.3. The average Bonchev–Trinajstić information content (AvgIpc) is 3.32. The fourth-order valence-electron chi connectivity index (χ4n) is 4.12. The number of likely N-dealkylation sites (tertiary alicyclic amines) is 1. The highest BCUT2D eigenvalue weighted by Gasteiger charge is 2.16. The minimum absolute atomic E-state index is 0.0740. The summed E-state index contributed by atoms with van der Waals surface area (Å²) in [6, 6.07) is 17.3. The molecule has 1 atom stereocenters. The molecule has 2 heterocycles. The number of hydrogen-bond donors (Lipinski definition) is 1. The Hall–Kier alpha value is -2.59. The Balaban J connectivity index is 1.46. The maximum Gasteiger partial charge on any atom is 0.240 e. The maximum absolute atomic E-state index is 12.6. The molecule has 0 spiro atoms. The van der Waals surface area contributed by atoms with Crippen LogP contribution in [0.4, 0.5) is 0 Å². The van der Waals surface area contributed by atoms with Crippen LogP contribution >= 0.6 is 0 Å². The first-order valence-electron chi connectivity index (χ1n) is 10.3. The number of benzene rings is 2. The Bertz CT molecular complexity index is 952. The molecule has 1 unspecified atom stereocenters. The van der Waals surface area contributed by atoms with Gasteiger partial charge in [-0.05, 0) is 68.4 Å². The van der Waals surface area contributed by atoms with E-state index in [9.17, 15) is 4.79 Å². The minimum Gasteiger partial charge on any atom is -0.351 e. The summed E-state index contributed by atoms with van der Waals surface area (Å²) >= 11 is 0. The molecule has 1 saturated heterocycles. The Morgan fingerprint density at radius 3 is 2.50 bits per heavy atom. The van der Waals surface area contributed by atoms with Crippen molar-refractivity contribution in [2.45, 2.75) is 39.3 Å². The van der Waals surface area contributed by atoms with Crippen molar-refractivity contribution >= 4 is 16.8 Å². The van der Waals surface area contributed by atoms with Gasteiger partial charge in [-0.3, -0.25) is 4.79 Å². The van der Waals surface area contributed by atoms with E-state index >= 15 is 0 Å². The van der Waals surface area contributed by atoms with Crippen LogP contribution in [0.1, 0.15) is 25.3 Å². The number of carbonyl (C=O) groups is 1. The predicted molar refractivity (Wildman–Crippen MR) is 115 cm³/mol. The standard InChI is InChI=1S/C24H29N3O/c1-18-5-7-20(8-6-18)22-10-9-21-11-14-27(23(21)15-22)17-24(28)25-19(2)16-26-12-3-4-13-26/h5-11,14-15,19H,3-4,12-13,16-17H2,1-2H3,(H,25,28). The van der Waals surface area contributed by atoms with Crippen molar-refractivity contribution in [3.05, 3.63) is 60.3 Å². The molecule has 1 fully saturated rings. The van der Waals surface area contributed by atoms with E-state index in [0.29, 0.717) is 6.54 Å². The zero-order valence-corrected chi connectivity index (χ0v) is 16.8. The van der Waals surface area contributed by atoms with Gasteiger partial charge in [0.25, 0.3) is 0 Å². The Morgan fingerprint density at radius 1 is 1.04 bits per heavy atom. The van der Waals surface area contributed by atoms with Gasteiger partial charge in [0, 0.05) is 24.3 Å². The molecule has 28 heavy (non-hydrogen) atoms. The molecule has 4 rings (SSSR count). The lowest BCUT2D eigenvalue weighted by molar-refractivity contribution is -0.122. The molecular weight excluding hydrogens is 346 g/mol. The van der Waals surface area contributed by atoms with E-state index < -0.39 is 0 Å². The molecule has 1 aromatic heterocycles. The van der Waals surface area contributed by atoms with Gasteiger partial charge in [0.2, 0.25) is 5.91 Å². The van der Waals surface area contributed by atoms with Gasteiger partial charge in [-0.15, -0.1) is 0 Å². The summed E-state index contributed by atoms with van der Waals surface area (Å²) in [5.41, 5.74) is 4.73. The van der Waals surface area contributed by atoms with E-state index in [-0.39, 0.29) is 11.9 Å². The molecule has 0 radical (unpaired) electrons. The highest BCUT2D eigenvalue weighted by atomic mass is 16.2. The minimum atomic E-state index is 0.0740. The van der Waals surface area contributed by atoms with Crippen LogP contribution in [0.25, 0.3) is 22.0 Å². The van der Waals surface area contributed by atoms with E-state index in [2.05, 4.69) is 72.6 Å². The van der Waals surface area contributed by atoms with Gasteiger partial charge in [-0.25, -0.2) is 0 Å². The SMILES string of the molecule is Cc1ccc(-c2ccc3ccn(CC(=O)NC(C)CN4CCCC4)c3c2)cc1. The van der Waals surface area contributed by atoms with Crippen molar-refractivity contribution in [3.8, 4) is 11.1 Å². The number of amides is 1. The second kappa shape index (κ2) is 8.19. The van der Waals surface area contributed by atoms with Crippen LogP contribution in [0, 0.1) is 6.92 Å². The maximum atomic E-state index is 12.6. The quantitative estimate of drug-likeness (QED) is 0.700. The van der Waals surface area contributed by atoms with Crippen molar-refractivity contribution in [2.75, 3.05) is 19.6 Å². The van der Waals surface area contributed by atoms with Gasteiger partial charge in [-0.1, -0.05) is 42.0 Å². The first kappa shape index (κ1) is 18.8. The lowest BCUT2D eigenvalue weighted by Gasteiger charge is -2.21. The molecule has 1 aliphatic heterocycles. The van der Waals surface area contributed by atoms with Crippen molar-refractivity contribution < 1.29 is 4.79 Å². The summed E-state index contributed by atoms with van der Waals surface area (Å²) in [5.74, 6) is 0.0740. The molecule has 146 valence electrons. The highest BCUT2D eigenvalue weighted by molar-refractivity contribution is 5.87. The van der Waals surface area contributed by atoms with Crippen molar-refractivity contribution in [3.63, 3.8) is 0 Å². The number of aromatic nitrogens is 1. The lowest BCUT2D eigenvalue weighted by atomic mass is 10.0. The topological polar surface area (TPSA) is 37.3 Å². The third-order valence-corrected chi connectivity index (χ3v) is 5.61. The van der Waals surface area contributed by atoms with Crippen LogP contribution in [0.3, 0.4) is 0 Å². The van der Waals surface area contributed by atoms with Crippen molar-refractivity contribution in [2.24, 2.45) is 0 Å². The average molecular weight is 376 g/mol. The number of fused-ring (bicyclic) bond motifs is 1. The molecule has 3 aromatic rings. The molecule has 0 saturated carbocycles. The smallest absolute Gasteiger partial charge is 0.240 e. The molecule has 1 amide bonds. The molecular formula is C24H29N3O. The number of nitrogens with one attached hydrogen (secondary N) is 1. The fourth-order valence-corrected chi connectivity index (χ4v) is 4.12. The third-order valence-electron chi connectivity index (χ3n) is 5.61. The van der Waals surface area contributed by atoms with Crippen molar-refractivity contribution in [1.82, 2.24) is 14.8 Å². The fraction of sp³-hybridized carbons (Fsp3) is 0.375. The van der Waals surface area contributed by atoms with E-state index in [1.165, 1.54) is 29.5 Å². The summed E-state index contributed by atoms with van der Waals surface area (Å²) in [6.45, 7) is 7.80. The number of aryl methyl sites for hydroxylation is 1. The summed E-state index contributed by atoms with van der Waals surface area (Å²) in [5, 5.41) is 4.32. The Labute approximate surface area is 167 Å². The monoisotopic (exact) mass is 375 g/mol. The number of hydrogen-bond acceptors (Lipinski definition) is 2. The van der Waals surface area contributed by atoms with E-state index in [0.717, 1.165) is 30.5 Å². The lowest BCUT2D eigenvalue weighted by Crippen LogP contribution is -2.42. The zero-order chi connectivity index (χ0) is 19.5. The summed E-state index contributed by atoms with van der Waals surface area (Å²) in [6.07, 6.45) is 4.56. The molecule has 4 heteroatoms. The van der Waals surface area contributed by atoms with Crippen LogP contribution < -0.4 is 5.32 Å². The van der Waals surface area contributed by atoms with Crippen LogP contribution in [-0.2, 0) is 11.3 Å². The van der Waals surface area contributed by atoms with E-state index in [1.807, 2.05) is 10.8 Å². The highest BCUT2D eigenvalue weighted by Crippen LogP contribution is 2.25. The molecule has 2 aromatic carbocycles. The normalized spacial score (nSPS) is 15.8. The largest absolute Gasteiger partial charge is 0.351 e. The van der Waals surface area contributed by atoms with Gasteiger partial charge < -0.3 is 14.8 Å². The van der Waals surface area contributed by atoms with E-state index in [4.69, 9.17) is 0 Å². The molecule has 1 N–H and O–H groups in total. The third kappa shape index (κ3) is 4.28.